The number of rotatable bonds is 1. The van der Waals surface area contributed by atoms with Crippen LogP contribution in [-0.2, 0) is 0 Å². The van der Waals surface area contributed by atoms with Crippen molar-refractivity contribution in [3.8, 4) is 5.75 Å². The van der Waals surface area contributed by atoms with Gasteiger partial charge in [0.05, 0.1) is 18.3 Å². The fourth-order valence-electron chi connectivity index (χ4n) is 1.54. The Labute approximate surface area is 82.3 Å². The van der Waals surface area contributed by atoms with Gasteiger partial charge in [0.15, 0.2) is 5.78 Å². The lowest BCUT2D eigenvalue weighted by Gasteiger charge is -2.17. The summed E-state index contributed by atoms with van der Waals surface area (Å²) < 4.78 is 5.33. The Morgan fingerprint density at radius 1 is 1.50 bits per heavy atom. The van der Waals surface area contributed by atoms with Crippen LogP contribution in [0, 0.1) is 0 Å². The molecule has 14 heavy (non-hydrogen) atoms. The first kappa shape index (κ1) is 9.21. The minimum atomic E-state index is -0.546. The second-order valence-corrected chi connectivity index (χ2v) is 3.45. The van der Waals surface area contributed by atoms with Crippen molar-refractivity contribution in [3.05, 3.63) is 29.3 Å². The normalized spacial score (nSPS) is 17.1. The van der Waals surface area contributed by atoms with Gasteiger partial charge in [-0.25, -0.2) is 0 Å². The summed E-state index contributed by atoms with van der Waals surface area (Å²) in [6, 6.07) is 5.23. The van der Waals surface area contributed by atoms with Crippen molar-refractivity contribution in [2.75, 3.05) is 6.61 Å². The predicted octanol–water partition coefficient (Wildman–Crippen LogP) is 1.71. The number of carbonyl (C=O) groups is 1. The van der Waals surface area contributed by atoms with Crippen molar-refractivity contribution in [2.45, 2.75) is 19.4 Å². The summed E-state index contributed by atoms with van der Waals surface area (Å²) in [6.07, 6.45) is -0.119. The highest BCUT2D eigenvalue weighted by atomic mass is 16.5. The highest BCUT2D eigenvalue weighted by Gasteiger charge is 2.19. The number of Topliss-reactive ketones (excluding diaryl/α,β-unsaturated/α-hetero) is 1. The molecular weight excluding hydrogens is 180 g/mol. The summed E-state index contributed by atoms with van der Waals surface area (Å²) in [4.78, 5) is 11.5. The molecule has 1 unspecified atom stereocenters. The van der Waals surface area contributed by atoms with Crippen molar-refractivity contribution in [1.82, 2.24) is 0 Å². The van der Waals surface area contributed by atoms with E-state index in [-0.39, 0.29) is 5.78 Å². The summed E-state index contributed by atoms with van der Waals surface area (Å²) >= 11 is 0. The maximum absolute atomic E-state index is 11.5. The largest absolute Gasteiger partial charge is 0.492 e. The number of ether oxygens (including phenoxy) is 1. The molecule has 1 N–H and O–H groups in total. The van der Waals surface area contributed by atoms with E-state index in [4.69, 9.17) is 4.74 Å². The van der Waals surface area contributed by atoms with Crippen molar-refractivity contribution >= 4 is 5.78 Å². The summed E-state index contributed by atoms with van der Waals surface area (Å²) in [5.74, 6) is 0.722. The minimum Gasteiger partial charge on any atom is -0.492 e. The summed E-state index contributed by atoms with van der Waals surface area (Å²) in [6.45, 7) is 2.13. The number of aliphatic hydroxyl groups excluding tert-OH is 1. The molecule has 0 aromatic heterocycles. The van der Waals surface area contributed by atoms with E-state index < -0.39 is 6.10 Å². The fraction of sp³-hybridized carbons (Fsp3) is 0.364. The van der Waals surface area contributed by atoms with Gasteiger partial charge in [0.1, 0.15) is 5.75 Å². The zero-order valence-electron chi connectivity index (χ0n) is 7.99. The molecule has 3 nitrogen and oxygen atoms in total. The van der Waals surface area contributed by atoms with E-state index in [0.717, 1.165) is 5.56 Å². The van der Waals surface area contributed by atoms with Crippen LogP contribution < -0.4 is 4.74 Å². The molecule has 0 amide bonds. The van der Waals surface area contributed by atoms with E-state index in [2.05, 4.69) is 0 Å². The molecule has 0 radical (unpaired) electrons. The molecule has 1 heterocycles. The van der Waals surface area contributed by atoms with Gasteiger partial charge >= 0.3 is 0 Å². The Hall–Kier alpha value is -1.35. The average molecular weight is 192 g/mol. The summed E-state index contributed by atoms with van der Waals surface area (Å²) in [7, 11) is 0. The monoisotopic (exact) mass is 192 g/mol. The Bertz CT molecular complexity index is 369. The van der Waals surface area contributed by atoms with Crippen LogP contribution in [0.3, 0.4) is 0 Å². The third-order valence-corrected chi connectivity index (χ3v) is 2.37. The molecule has 1 atom stereocenters. The lowest BCUT2D eigenvalue weighted by atomic mass is 10.0. The highest BCUT2D eigenvalue weighted by Crippen LogP contribution is 2.27. The second kappa shape index (κ2) is 3.42. The number of ketones is 1. The van der Waals surface area contributed by atoms with Crippen LogP contribution in [0.25, 0.3) is 0 Å². The third kappa shape index (κ3) is 1.51. The van der Waals surface area contributed by atoms with E-state index in [9.17, 15) is 9.90 Å². The lowest BCUT2D eigenvalue weighted by molar-refractivity contribution is 0.0933. The second-order valence-electron chi connectivity index (χ2n) is 3.45. The molecule has 0 saturated heterocycles. The van der Waals surface area contributed by atoms with Gasteiger partial charge in [-0.15, -0.1) is 0 Å². The highest BCUT2D eigenvalue weighted by molar-refractivity contribution is 5.99. The number of fused-ring (bicyclic) bond motifs is 1. The number of aliphatic hydroxyl groups is 1. The van der Waals surface area contributed by atoms with Crippen LogP contribution in [0.5, 0.6) is 5.75 Å². The van der Waals surface area contributed by atoms with Gasteiger partial charge in [-0.2, -0.15) is 0 Å². The van der Waals surface area contributed by atoms with Crippen LogP contribution in [0.4, 0.5) is 0 Å². The van der Waals surface area contributed by atoms with Gasteiger partial charge in [-0.05, 0) is 24.6 Å². The Morgan fingerprint density at radius 3 is 3.00 bits per heavy atom. The summed E-state index contributed by atoms with van der Waals surface area (Å²) in [5.41, 5.74) is 1.34. The van der Waals surface area contributed by atoms with Crippen molar-refractivity contribution in [1.29, 1.82) is 0 Å². The quantitative estimate of drug-likeness (QED) is 0.736. The van der Waals surface area contributed by atoms with Crippen LogP contribution in [-0.4, -0.2) is 17.5 Å². The number of carbonyl (C=O) groups excluding carboxylic acids is 1. The fourth-order valence-corrected chi connectivity index (χ4v) is 1.54. The van der Waals surface area contributed by atoms with Crippen LogP contribution in [0.2, 0.25) is 0 Å². The predicted molar refractivity (Wildman–Crippen MR) is 51.5 cm³/mol. The van der Waals surface area contributed by atoms with Gasteiger partial charge < -0.3 is 9.84 Å². The maximum atomic E-state index is 11.5. The standard InChI is InChI=1S/C11H12O3/c1-7(12)8-2-3-11-9(6-8)10(13)4-5-14-11/h2-3,6-7,12H,4-5H2,1H3. The first-order valence-electron chi connectivity index (χ1n) is 4.66. The van der Waals surface area contributed by atoms with Gasteiger partial charge in [0.2, 0.25) is 0 Å². The SMILES string of the molecule is CC(O)c1ccc2c(c1)C(=O)CCO2. The van der Waals surface area contributed by atoms with Crippen molar-refractivity contribution in [3.63, 3.8) is 0 Å². The van der Waals surface area contributed by atoms with Gasteiger partial charge in [0.25, 0.3) is 0 Å². The Morgan fingerprint density at radius 2 is 2.29 bits per heavy atom. The summed E-state index contributed by atoms with van der Waals surface area (Å²) in [5, 5.41) is 9.36. The molecule has 74 valence electrons. The van der Waals surface area contributed by atoms with E-state index in [1.54, 1.807) is 25.1 Å². The average Bonchev–Trinajstić information content (AvgIpc) is 2.18. The molecule has 0 fully saturated rings. The molecular formula is C11H12O3. The molecule has 0 bridgehead atoms. The lowest BCUT2D eigenvalue weighted by Crippen LogP contribution is -2.15. The van der Waals surface area contributed by atoms with Gasteiger partial charge in [-0.3, -0.25) is 4.79 Å². The van der Waals surface area contributed by atoms with Crippen LogP contribution in [0.15, 0.2) is 18.2 Å². The number of hydrogen-bond donors (Lipinski definition) is 1. The molecule has 1 aliphatic rings. The third-order valence-electron chi connectivity index (χ3n) is 2.37. The van der Waals surface area contributed by atoms with Crippen LogP contribution >= 0.6 is 0 Å². The topological polar surface area (TPSA) is 46.5 Å². The first-order chi connectivity index (χ1) is 6.68. The molecule has 1 aromatic carbocycles. The van der Waals surface area contributed by atoms with Crippen molar-refractivity contribution < 1.29 is 14.6 Å². The zero-order chi connectivity index (χ0) is 10.1. The Balaban J connectivity index is 2.46. The Kier molecular flexibility index (Phi) is 2.25. The first-order valence-corrected chi connectivity index (χ1v) is 4.66. The smallest absolute Gasteiger partial charge is 0.170 e. The van der Waals surface area contributed by atoms with Gasteiger partial charge in [-0.1, -0.05) is 6.07 Å². The molecule has 1 aliphatic heterocycles. The minimum absolute atomic E-state index is 0.0914. The van der Waals surface area contributed by atoms with E-state index in [0.29, 0.717) is 24.3 Å². The molecule has 3 heteroatoms. The molecule has 0 spiro atoms. The molecule has 0 saturated carbocycles. The molecule has 0 aliphatic carbocycles. The van der Waals surface area contributed by atoms with Crippen molar-refractivity contribution in [2.24, 2.45) is 0 Å². The van der Waals surface area contributed by atoms with E-state index in [1.165, 1.54) is 0 Å². The van der Waals surface area contributed by atoms with E-state index in [1.807, 2.05) is 0 Å². The zero-order valence-corrected chi connectivity index (χ0v) is 7.99. The molecule has 2 rings (SSSR count). The van der Waals surface area contributed by atoms with E-state index >= 15 is 0 Å². The maximum Gasteiger partial charge on any atom is 0.170 e. The number of hydrogen-bond acceptors (Lipinski definition) is 3. The molecule has 1 aromatic rings. The number of benzene rings is 1. The van der Waals surface area contributed by atoms with Gasteiger partial charge in [0, 0.05) is 6.42 Å². The van der Waals surface area contributed by atoms with Crippen LogP contribution in [0.1, 0.15) is 35.4 Å².